The summed E-state index contributed by atoms with van der Waals surface area (Å²) in [6, 6.07) is 19.1. The van der Waals surface area contributed by atoms with Gasteiger partial charge in [-0.25, -0.2) is 0 Å². The van der Waals surface area contributed by atoms with Gasteiger partial charge in [-0.05, 0) is 30.5 Å². The van der Waals surface area contributed by atoms with Crippen LogP contribution in [0, 0.1) is 0 Å². The fraction of sp³-hybridized carbons (Fsp3) is 0.300. The molecule has 1 heterocycles. The lowest BCUT2D eigenvalue weighted by Gasteiger charge is -2.21. The van der Waals surface area contributed by atoms with Gasteiger partial charge in [0, 0.05) is 25.2 Å². The van der Waals surface area contributed by atoms with Crippen molar-refractivity contribution in [1.82, 2.24) is 5.32 Å². The molecule has 1 saturated heterocycles. The molecule has 2 aromatic rings. The fourth-order valence-corrected chi connectivity index (χ4v) is 3.06. The summed E-state index contributed by atoms with van der Waals surface area (Å²) in [7, 11) is 0. The molecule has 25 heavy (non-hydrogen) atoms. The molecule has 5 heteroatoms. The number of para-hydroxylation sites is 1. The Labute approximate surface area is 147 Å². The molecule has 3 rings (SSSR count). The molecule has 0 unspecified atom stereocenters. The van der Waals surface area contributed by atoms with Crippen molar-refractivity contribution >= 4 is 17.5 Å². The van der Waals surface area contributed by atoms with Crippen LogP contribution in [0.4, 0.5) is 5.69 Å². The average Bonchev–Trinajstić information content (AvgIpc) is 2.96. The largest absolute Gasteiger partial charge is 0.372 e. The Morgan fingerprint density at radius 1 is 1.08 bits per heavy atom. The van der Waals surface area contributed by atoms with Gasteiger partial charge in [0.15, 0.2) is 0 Å². The van der Waals surface area contributed by atoms with Crippen LogP contribution in [0.1, 0.15) is 18.4 Å². The van der Waals surface area contributed by atoms with E-state index in [0.717, 1.165) is 12.8 Å². The summed E-state index contributed by atoms with van der Waals surface area (Å²) in [6.45, 7) is 0.755. The molecule has 0 radical (unpaired) electrons. The molecule has 0 bridgehead atoms. The summed E-state index contributed by atoms with van der Waals surface area (Å²) < 4.78 is 0. The predicted molar refractivity (Wildman–Crippen MR) is 96.1 cm³/mol. The van der Waals surface area contributed by atoms with Crippen LogP contribution in [-0.2, 0) is 16.0 Å². The Morgan fingerprint density at radius 3 is 2.40 bits per heavy atom. The van der Waals surface area contributed by atoms with E-state index in [9.17, 15) is 14.7 Å². The highest BCUT2D eigenvalue weighted by Gasteiger charge is 2.51. The van der Waals surface area contributed by atoms with Gasteiger partial charge in [0.25, 0.3) is 11.8 Å². The molecule has 0 saturated carbocycles. The second-order valence-corrected chi connectivity index (χ2v) is 6.25. The maximum atomic E-state index is 12.5. The fourth-order valence-electron chi connectivity index (χ4n) is 3.06. The number of amides is 2. The van der Waals surface area contributed by atoms with E-state index in [1.165, 1.54) is 10.5 Å². The third kappa shape index (κ3) is 3.72. The molecule has 1 aliphatic rings. The molecule has 5 nitrogen and oxygen atoms in total. The number of rotatable bonds is 6. The molecule has 2 aromatic carbocycles. The Kier molecular flexibility index (Phi) is 5.14. The van der Waals surface area contributed by atoms with Crippen LogP contribution >= 0.6 is 0 Å². The standard InChI is InChI=1S/C20H22N2O3/c23-18(21-14-7-10-16-8-3-1-4-9-16)20(25)13-15-22(19(20)24)17-11-5-2-6-12-17/h1-6,8-9,11-12,25H,7,10,13-15H2,(H,21,23)/t20-/m0/s1. The lowest BCUT2D eigenvalue weighted by atomic mass is 10.0. The van der Waals surface area contributed by atoms with Crippen molar-refractivity contribution in [3.63, 3.8) is 0 Å². The van der Waals surface area contributed by atoms with Crippen LogP contribution in [0.2, 0.25) is 0 Å². The van der Waals surface area contributed by atoms with E-state index >= 15 is 0 Å². The second-order valence-electron chi connectivity index (χ2n) is 6.25. The molecule has 2 amide bonds. The van der Waals surface area contributed by atoms with Crippen molar-refractivity contribution in [1.29, 1.82) is 0 Å². The number of carbonyl (C=O) groups is 2. The first-order valence-corrected chi connectivity index (χ1v) is 8.53. The quantitative estimate of drug-likeness (QED) is 0.624. The van der Waals surface area contributed by atoms with Crippen molar-refractivity contribution in [3.8, 4) is 0 Å². The van der Waals surface area contributed by atoms with Gasteiger partial charge in [-0.15, -0.1) is 0 Å². The lowest BCUT2D eigenvalue weighted by Crippen LogP contribution is -2.52. The highest BCUT2D eigenvalue weighted by atomic mass is 16.3. The van der Waals surface area contributed by atoms with Gasteiger partial charge >= 0.3 is 0 Å². The van der Waals surface area contributed by atoms with Crippen LogP contribution in [0.25, 0.3) is 0 Å². The number of aliphatic hydroxyl groups is 1. The number of aryl methyl sites for hydroxylation is 1. The summed E-state index contributed by atoms with van der Waals surface area (Å²) in [6.07, 6.45) is 1.69. The van der Waals surface area contributed by atoms with E-state index < -0.39 is 17.4 Å². The molecule has 1 aliphatic heterocycles. The van der Waals surface area contributed by atoms with Crippen LogP contribution in [-0.4, -0.2) is 35.6 Å². The minimum absolute atomic E-state index is 0.102. The van der Waals surface area contributed by atoms with Crippen LogP contribution < -0.4 is 10.2 Å². The van der Waals surface area contributed by atoms with Crippen LogP contribution in [0.5, 0.6) is 0 Å². The Hall–Kier alpha value is -2.66. The molecule has 0 spiro atoms. The number of anilines is 1. The van der Waals surface area contributed by atoms with Crippen molar-refractivity contribution in [2.24, 2.45) is 0 Å². The maximum Gasteiger partial charge on any atom is 0.268 e. The zero-order valence-corrected chi connectivity index (χ0v) is 14.0. The van der Waals surface area contributed by atoms with Gasteiger partial charge < -0.3 is 15.3 Å². The van der Waals surface area contributed by atoms with Crippen molar-refractivity contribution < 1.29 is 14.7 Å². The maximum absolute atomic E-state index is 12.5. The second kappa shape index (κ2) is 7.49. The molecule has 2 N–H and O–H groups in total. The van der Waals surface area contributed by atoms with Gasteiger partial charge in [-0.2, -0.15) is 0 Å². The number of hydrogen-bond acceptors (Lipinski definition) is 3. The lowest BCUT2D eigenvalue weighted by molar-refractivity contribution is -0.149. The van der Waals surface area contributed by atoms with E-state index in [0.29, 0.717) is 18.8 Å². The third-order valence-electron chi connectivity index (χ3n) is 4.51. The SMILES string of the molecule is O=C(NCCCc1ccccc1)[C@@]1(O)CCN(c2ccccc2)C1=O. The summed E-state index contributed by atoms with van der Waals surface area (Å²) in [5, 5.41) is 13.3. The molecule has 0 aromatic heterocycles. The predicted octanol–water partition coefficient (Wildman–Crippen LogP) is 1.90. The summed E-state index contributed by atoms with van der Waals surface area (Å²) in [5.74, 6) is -1.16. The monoisotopic (exact) mass is 338 g/mol. The van der Waals surface area contributed by atoms with Gasteiger partial charge in [-0.3, -0.25) is 9.59 Å². The Morgan fingerprint density at radius 2 is 1.72 bits per heavy atom. The Bertz CT molecular complexity index is 733. The van der Waals surface area contributed by atoms with E-state index in [1.54, 1.807) is 12.1 Å². The topological polar surface area (TPSA) is 69.6 Å². The van der Waals surface area contributed by atoms with Gasteiger partial charge in [0.2, 0.25) is 5.60 Å². The third-order valence-corrected chi connectivity index (χ3v) is 4.51. The Balaban J connectivity index is 1.54. The first-order valence-electron chi connectivity index (χ1n) is 8.53. The first-order chi connectivity index (χ1) is 12.1. The minimum Gasteiger partial charge on any atom is -0.372 e. The first kappa shape index (κ1) is 17.2. The molecular formula is C20H22N2O3. The average molecular weight is 338 g/mol. The molecule has 0 aliphatic carbocycles. The number of nitrogens with one attached hydrogen (secondary N) is 1. The summed E-state index contributed by atoms with van der Waals surface area (Å²) >= 11 is 0. The van der Waals surface area contributed by atoms with Gasteiger partial charge in [-0.1, -0.05) is 48.5 Å². The minimum atomic E-state index is -1.97. The number of hydrogen-bond donors (Lipinski definition) is 2. The van der Waals surface area contributed by atoms with Crippen LogP contribution in [0.3, 0.4) is 0 Å². The van der Waals surface area contributed by atoms with E-state index in [1.807, 2.05) is 48.5 Å². The number of benzene rings is 2. The normalized spacial score (nSPS) is 19.9. The highest BCUT2D eigenvalue weighted by Crippen LogP contribution is 2.28. The molecule has 130 valence electrons. The number of carbonyl (C=O) groups excluding carboxylic acids is 2. The molecule has 1 atom stereocenters. The van der Waals surface area contributed by atoms with Gasteiger partial charge in [0.1, 0.15) is 0 Å². The molecule has 1 fully saturated rings. The zero-order valence-electron chi connectivity index (χ0n) is 14.0. The van der Waals surface area contributed by atoms with E-state index in [4.69, 9.17) is 0 Å². The number of nitrogens with zero attached hydrogens (tertiary/aromatic N) is 1. The van der Waals surface area contributed by atoms with Gasteiger partial charge in [0.05, 0.1) is 0 Å². The smallest absolute Gasteiger partial charge is 0.268 e. The zero-order chi connectivity index (χ0) is 17.7. The van der Waals surface area contributed by atoms with E-state index in [-0.39, 0.29) is 6.42 Å². The van der Waals surface area contributed by atoms with Crippen molar-refractivity contribution in [2.45, 2.75) is 24.9 Å². The highest BCUT2D eigenvalue weighted by molar-refractivity contribution is 6.16. The van der Waals surface area contributed by atoms with Crippen molar-refractivity contribution in [3.05, 3.63) is 66.2 Å². The summed E-state index contributed by atoms with van der Waals surface area (Å²) in [5.41, 5.74) is -0.0780. The van der Waals surface area contributed by atoms with Crippen LogP contribution in [0.15, 0.2) is 60.7 Å². The summed E-state index contributed by atoms with van der Waals surface area (Å²) in [4.78, 5) is 26.4. The molecular weight excluding hydrogens is 316 g/mol. The van der Waals surface area contributed by atoms with E-state index in [2.05, 4.69) is 5.32 Å². The van der Waals surface area contributed by atoms with Crippen molar-refractivity contribution in [2.75, 3.05) is 18.0 Å².